The number of rotatable bonds is 10. The number of likely N-dealkylation sites (tertiary alicyclic amines) is 1. The van der Waals surface area contributed by atoms with Crippen LogP contribution < -0.4 is 15.4 Å². The molecule has 29 heavy (non-hydrogen) atoms. The van der Waals surface area contributed by atoms with Crippen molar-refractivity contribution in [3.63, 3.8) is 0 Å². The molecule has 6 nitrogen and oxygen atoms in total. The van der Waals surface area contributed by atoms with E-state index in [2.05, 4.69) is 55.5 Å². The van der Waals surface area contributed by atoms with Gasteiger partial charge in [0.05, 0.1) is 12.6 Å². The summed E-state index contributed by atoms with van der Waals surface area (Å²) in [4.78, 5) is 18.3. The maximum Gasteiger partial charge on any atom is 0.222 e. The third-order valence-electron chi connectivity index (χ3n) is 4.69. The molecule has 7 heteroatoms. The zero-order chi connectivity index (χ0) is 20.4. The fraction of sp³-hybridized carbons (Fsp3) is 0.636. The van der Waals surface area contributed by atoms with Gasteiger partial charge in [0.2, 0.25) is 5.91 Å². The topological polar surface area (TPSA) is 66.0 Å². The summed E-state index contributed by atoms with van der Waals surface area (Å²) >= 11 is 0. The fourth-order valence-corrected chi connectivity index (χ4v) is 3.12. The first-order valence-electron chi connectivity index (χ1n) is 10.5. The van der Waals surface area contributed by atoms with Crippen LogP contribution in [0.3, 0.4) is 0 Å². The largest absolute Gasteiger partial charge is 0.493 e. The normalized spacial score (nSPS) is 15.3. The van der Waals surface area contributed by atoms with Crippen molar-refractivity contribution in [2.24, 2.45) is 10.9 Å². The van der Waals surface area contributed by atoms with Gasteiger partial charge in [0.25, 0.3) is 0 Å². The Morgan fingerprint density at radius 2 is 1.97 bits per heavy atom. The molecule has 0 bridgehead atoms. The Labute approximate surface area is 192 Å². The average molecular weight is 516 g/mol. The van der Waals surface area contributed by atoms with Gasteiger partial charge < -0.3 is 20.3 Å². The lowest BCUT2D eigenvalue weighted by molar-refractivity contribution is -0.127. The summed E-state index contributed by atoms with van der Waals surface area (Å²) in [5, 5.41) is 6.76. The molecule has 1 unspecified atom stereocenters. The molecule has 164 valence electrons. The van der Waals surface area contributed by atoms with Crippen LogP contribution in [0.2, 0.25) is 0 Å². The first kappa shape index (κ1) is 25.5. The van der Waals surface area contributed by atoms with Gasteiger partial charge in [-0.05, 0) is 50.3 Å². The minimum atomic E-state index is 0. The lowest BCUT2D eigenvalue weighted by Crippen LogP contribution is -2.39. The Balaban J connectivity index is 0.00000420. The summed E-state index contributed by atoms with van der Waals surface area (Å²) in [7, 11) is 0. The summed E-state index contributed by atoms with van der Waals surface area (Å²) in [5.41, 5.74) is 1.19. The summed E-state index contributed by atoms with van der Waals surface area (Å²) in [5.74, 6) is 2.51. The number of carbonyl (C=O) groups is 1. The number of halogens is 1. The lowest BCUT2D eigenvalue weighted by Gasteiger charge is -2.19. The van der Waals surface area contributed by atoms with Crippen molar-refractivity contribution in [2.45, 2.75) is 53.0 Å². The first-order valence-corrected chi connectivity index (χ1v) is 10.5. The number of benzene rings is 1. The highest BCUT2D eigenvalue weighted by Gasteiger charge is 2.18. The van der Waals surface area contributed by atoms with Crippen molar-refractivity contribution in [1.82, 2.24) is 15.5 Å². The molecule has 2 N–H and O–H groups in total. The Kier molecular flexibility index (Phi) is 12.0. The molecule has 1 saturated heterocycles. The number of nitrogens with zero attached hydrogens (tertiary/aromatic N) is 2. The fourth-order valence-electron chi connectivity index (χ4n) is 3.12. The van der Waals surface area contributed by atoms with Gasteiger partial charge in [-0.15, -0.1) is 24.0 Å². The molecule has 0 aliphatic carbocycles. The highest BCUT2D eigenvalue weighted by Crippen LogP contribution is 2.18. The number of guanidine groups is 1. The Hall–Kier alpha value is -1.51. The smallest absolute Gasteiger partial charge is 0.222 e. The van der Waals surface area contributed by atoms with Crippen LogP contribution in [-0.4, -0.2) is 49.6 Å². The van der Waals surface area contributed by atoms with E-state index in [1.54, 1.807) is 0 Å². The zero-order valence-corrected chi connectivity index (χ0v) is 20.6. The molecular weight excluding hydrogens is 479 g/mol. The molecule has 0 aromatic heterocycles. The molecular formula is C22H37IN4O2. The van der Waals surface area contributed by atoms with E-state index in [1.165, 1.54) is 5.56 Å². The molecule has 0 saturated carbocycles. The van der Waals surface area contributed by atoms with Gasteiger partial charge in [0, 0.05) is 32.6 Å². The van der Waals surface area contributed by atoms with E-state index in [0.717, 1.165) is 50.8 Å². The van der Waals surface area contributed by atoms with Gasteiger partial charge in [0.15, 0.2) is 5.96 Å². The molecule has 1 amide bonds. The summed E-state index contributed by atoms with van der Waals surface area (Å²) in [6.07, 6.45) is 2.58. The van der Waals surface area contributed by atoms with Gasteiger partial charge in [-0.3, -0.25) is 9.79 Å². The van der Waals surface area contributed by atoms with Gasteiger partial charge in [-0.25, -0.2) is 0 Å². The molecule has 1 fully saturated rings. The highest BCUT2D eigenvalue weighted by atomic mass is 127. The Morgan fingerprint density at radius 3 is 2.55 bits per heavy atom. The summed E-state index contributed by atoms with van der Waals surface area (Å²) in [6, 6.07) is 8.36. The molecule has 1 heterocycles. The van der Waals surface area contributed by atoms with E-state index in [9.17, 15) is 4.79 Å². The van der Waals surface area contributed by atoms with E-state index in [4.69, 9.17) is 4.74 Å². The van der Waals surface area contributed by atoms with Crippen LogP contribution in [0.4, 0.5) is 0 Å². The van der Waals surface area contributed by atoms with E-state index in [1.807, 2.05) is 17.0 Å². The van der Waals surface area contributed by atoms with Crippen molar-refractivity contribution in [1.29, 1.82) is 0 Å². The molecule has 1 aliphatic rings. The van der Waals surface area contributed by atoms with E-state index >= 15 is 0 Å². The second kappa shape index (κ2) is 13.7. The second-order valence-corrected chi connectivity index (χ2v) is 7.74. The van der Waals surface area contributed by atoms with Crippen molar-refractivity contribution < 1.29 is 9.53 Å². The number of hydrogen-bond acceptors (Lipinski definition) is 3. The molecule has 1 aromatic carbocycles. The van der Waals surface area contributed by atoms with Crippen molar-refractivity contribution >= 4 is 35.8 Å². The van der Waals surface area contributed by atoms with Crippen LogP contribution in [0.15, 0.2) is 29.3 Å². The quantitative estimate of drug-likeness (QED) is 0.214. The zero-order valence-electron chi connectivity index (χ0n) is 18.2. The van der Waals surface area contributed by atoms with Crippen LogP contribution in [0.5, 0.6) is 5.75 Å². The predicted octanol–water partition coefficient (Wildman–Crippen LogP) is 3.97. The van der Waals surface area contributed by atoms with Crippen molar-refractivity contribution in [3.8, 4) is 5.75 Å². The van der Waals surface area contributed by atoms with Crippen LogP contribution in [-0.2, 0) is 4.79 Å². The Morgan fingerprint density at radius 1 is 1.24 bits per heavy atom. The predicted molar refractivity (Wildman–Crippen MR) is 130 cm³/mol. The summed E-state index contributed by atoms with van der Waals surface area (Å²) < 4.78 is 5.75. The standard InChI is InChI=1S/C22H36N4O2.HI/c1-5-23-22(24-13-7-15-26-14-6-8-21(26)27)25-18(4)19-9-11-20(12-10-19)28-16-17(2)3;/h9-12,17-18H,5-8,13-16H2,1-4H3,(H2,23,24,25);1H. The van der Waals surface area contributed by atoms with Gasteiger partial charge in [-0.1, -0.05) is 26.0 Å². The van der Waals surface area contributed by atoms with Gasteiger partial charge in [0.1, 0.15) is 5.75 Å². The monoisotopic (exact) mass is 516 g/mol. The molecule has 2 rings (SSSR count). The van der Waals surface area contributed by atoms with Crippen LogP contribution in [0, 0.1) is 5.92 Å². The molecule has 0 radical (unpaired) electrons. The highest BCUT2D eigenvalue weighted by molar-refractivity contribution is 14.0. The molecule has 1 aliphatic heterocycles. The van der Waals surface area contributed by atoms with E-state index in [-0.39, 0.29) is 35.9 Å². The van der Waals surface area contributed by atoms with Crippen LogP contribution >= 0.6 is 24.0 Å². The molecule has 1 aromatic rings. The number of aliphatic imine (C=N–C) groups is 1. The third kappa shape index (κ3) is 9.23. The van der Waals surface area contributed by atoms with Gasteiger partial charge in [-0.2, -0.15) is 0 Å². The van der Waals surface area contributed by atoms with Gasteiger partial charge >= 0.3 is 0 Å². The number of hydrogen-bond donors (Lipinski definition) is 2. The summed E-state index contributed by atoms with van der Waals surface area (Å²) in [6.45, 7) is 12.4. The maximum atomic E-state index is 11.7. The second-order valence-electron chi connectivity index (χ2n) is 7.74. The van der Waals surface area contributed by atoms with Crippen molar-refractivity contribution in [2.75, 3.05) is 32.8 Å². The number of amides is 1. The maximum absolute atomic E-state index is 11.7. The van der Waals surface area contributed by atoms with E-state index < -0.39 is 0 Å². The molecule has 1 atom stereocenters. The minimum absolute atomic E-state index is 0. The van der Waals surface area contributed by atoms with Crippen LogP contribution in [0.1, 0.15) is 58.6 Å². The third-order valence-corrected chi connectivity index (χ3v) is 4.69. The Bertz CT molecular complexity index is 634. The number of ether oxygens (including phenoxy) is 1. The van der Waals surface area contributed by atoms with Crippen molar-refractivity contribution in [3.05, 3.63) is 29.8 Å². The SMILES string of the molecule is CCNC(=NCCCN1CCCC1=O)NC(C)c1ccc(OCC(C)C)cc1.I. The average Bonchev–Trinajstić information content (AvgIpc) is 3.08. The minimum Gasteiger partial charge on any atom is -0.493 e. The lowest BCUT2D eigenvalue weighted by atomic mass is 10.1. The first-order chi connectivity index (χ1) is 13.5. The number of nitrogens with one attached hydrogen (secondary N) is 2. The van der Waals surface area contributed by atoms with E-state index in [0.29, 0.717) is 18.9 Å². The van der Waals surface area contributed by atoms with Crippen LogP contribution in [0.25, 0.3) is 0 Å². The number of carbonyl (C=O) groups excluding carboxylic acids is 1. The molecule has 0 spiro atoms.